The molecule has 0 aliphatic carbocycles. The molecule has 0 heterocycles. The molecule has 0 bridgehead atoms. The first-order valence-electron chi connectivity index (χ1n) is 4.62. The lowest BCUT2D eigenvalue weighted by atomic mass is 10.1. The molecule has 0 aromatic heterocycles. The Kier molecular flexibility index (Phi) is 5.56. The van der Waals surface area contributed by atoms with E-state index >= 15 is 0 Å². The summed E-state index contributed by atoms with van der Waals surface area (Å²) in [6.45, 7) is 6.09. The average Bonchev–Trinajstić information content (AvgIpc) is 2.08. The molecule has 0 unspecified atom stereocenters. The number of carbonyl (C=O) groups excluding carboxylic acids is 1. The molecule has 0 aliphatic rings. The number of halogens is 3. The quantitative estimate of drug-likeness (QED) is 0.586. The van der Waals surface area contributed by atoms with Gasteiger partial charge in [-0.3, -0.25) is 4.79 Å². The molecule has 0 aliphatic heterocycles. The van der Waals surface area contributed by atoms with Crippen LogP contribution in [0.25, 0.3) is 0 Å². The van der Waals surface area contributed by atoms with Crippen LogP contribution in [0.4, 0.5) is 13.2 Å². The monoisotopic (exact) mass is 233 g/mol. The summed E-state index contributed by atoms with van der Waals surface area (Å²) in [5.74, 6) is -0.309. The third kappa shape index (κ3) is 6.06. The van der Waals surface area contributed by atoms with Gasteiger partial charge in [0.15, 0.2) is 0 Å². The maximum absolute atomic E-state index is 12.3. The highest BCUT2D eigenvalue weighted by atomic mass is 19.4. The van der Waals surface area contributed by atoms with Crippen LogP contribution >= 0.6 is 0 Å². The summed E-state index contributed by atoms with van der Waals surface area (Å²) >= 11 is 0. The van der Waals surface area contributed by atoms with Gasteiger partial charge in [-0.05, 0) is 19.4 Å². The third-order valence-corrected chi connectivity index (χ3v) is 1.71. The van der Waals surface area contributed by atoms with Crippen LogP contribution in [0.3, 0.4) is 0 Å². The molecule has 1 amide bonds. The van der Waals surface area contributed by atoms with Crippen molar-refractivity contribution in [3.05, 3.63) is 36.1 Å². The second kappa shape index (κ2) is 6.15. The first-order valence-corrected chi connectivity index (χ1v) is 4.62. The normalized spacial score (nSPS) is 12.9. The highest BCUT2D eigenvalue weighted by molar-refractivity contribution is 5.75. The Hall–Kier alpha value is -1.52. The van der Waals surface area contributed by atoms with Crippen molar-refractivity contribution in [3.63, 3.8) is 0 Å². The van der Waals surface area contributed by atoms with Crippen LogP contribution in [0.5, 0.6) is 0 Å². The fourth-order valence-corrected chi connectivity index (χ4v) is 0.993. The highest BCUT2D eigenvalue weighted by Gasteiger charge is 2.31. The van der Waals surface area contributed by atoms with E-state index in [9.17, 15) is 18.0 Å². The smallest absolute Gasteiger partial charge is 0.327 e. The van der Waals surface area contributed by atoms with Crippen molar-refractivity contribution in [2.24, 2.45) is 0 Å². The number of nitrogens with one attached hydrogen (secondary N) is 1. The number of amides is 1. The third-order valence-electron chi connectivity index (χ3n) is 1.71. The van der Waals surface area contributed by atoms with Gasteiger partial charge in [-0.1, -0.05) is 18.7 Å². The van der Waals surface area contributed by atoms with E-state index in [2.05, 4.69) is 11.9 Å². The Bertz CT molecular complexity index is 327. The van der Waals surface area contributed by atoms with Gasteiger partial charge in [-0.15, -0.1) is 0 Å². The molecular weight excluding hydrogens is 219 g/mol. The molecule has 1 N–H and O–H groups in total. The molecule has 0 saturated heterocycles. The van der Waals surface area contributed by atoms with Crippen molar-refractivity contribution in [3.8, 4) is 0 Å². The Morgan fingerprint density at radius 3 is 2.38 bits per heavy atom. The largest absolute Gasteiger partial charge is 0.412 e. The predicted octanol–water partition coefficient (Wildman–Crippen LogP) is 3.09. The van der Waals surface area contributed by atoms with Gasteiger partial charge in [0, 0.05) is 18.2 Å². The van der Waals surface area contributed by atoms with Gasteiger partial charge in [0.25, 0.3) is 0 Å². The predicted molar refractivity (Wildman–Crippen MR) is 56.5 cm³/mol. The fourth-order valence-electron chi connectivity index (χ4n) is 0.993. The minimum atomic E-state index is -4.31. The zero-order chi connectivity index (χ0) is 12.8. The molecule has 0 rings (SSSR count). The first-order chi connectivity index (χ1) is 7.27. The number of carbonyl (C=O) groups is 1. The van der Waals surface area contributed by atoms with E-state index in [1.54, 1.807) is 0 Å². The Labute approximate surface area is 92.5 Å². The van der Waals surface area contributed by atoms with Crippen LogP contribution < -0.4 is 5.32 Å². The lowest BCUT2D eigenvalue weighted by Crippen LogP contribution is -2.16. The van der Waals surface area contributed by atoms with Gasteiger partial charge in [0.05, 0.1) is 0 Å². The molecule has 0 fully saturated rings. The zero-order valence-electron chi connectivity index (χ0n) is 9.19. The maximum atomic E-state index is 12.3. The summed E-state index contributed by atoms with van der Waals surface area (Å²) in [5.41, 5.74) is -0.357. The number of hydrogen-bond acceptors (Lipinski definition) is 1. The Morgan fingerprint density at radius 1 is 1.44 bits per heavy atom. The van der Waals surface area contributed by atoms with Crippen molar-refractivity contribution < 1.29 is 18.0 Å². The molecule has 2 nitrogen and oxygen atoms in total. The minimum Gasteiger partial charge on any atom is -0.327 e. The molecule has 0 atom stereocenters. The van der Waals surface area contributed by atoms with Crippen LogP contribution in [0.15, 0.2) is 36.1 Å². The summed E-state index contributed by atoms with van der Waals surface area (Å²) in [5, 5.41) is 2.35. The van der Waals surface area contributed by atoms with Crippen LogP contribution in [0, 0.1) is 0 Å². The lowest BCUT2D eigenvalue weighted by Gasteiger charge is -2.08. The number of rotatable bonds is 4. The minimum absolute atomic E-state index is 0.237. The van der Waals surface area contributed by atoms with E-state index in [1.165, 1.54) is 26.0 Å². The zero-order valence-corrected chi connectivity index (χ0v) is 9.19. The van der Waals surface area contributed by atoms with Crippen LogP contribution in [0.1, 0.15) is 20.3 Å². The lowest BCUT2D eigenvalue weighted by molar-refractivity contribution is -0.118. The second-order valence-electron chi connectivity index (χ2n) is 3.12. The van der Waals surface area contributed by atoms with E-state index in [-0.39, 0.29) is 18.0 Å². The van der Waals surface area contributed by atoms with Crippen molar-refractivity contribution in [2.75, 3.05) is 0 Å². The molecule has 0 spiro atoms. The van der Waals surface area contributed by atoms with Gasteiger partial charge >= 0.3 is 6.18 Å². The van der Waals surface area contributed by atoms with Gasteiger partial charge in [0.1, 0.15) is 0 Å². The molecule has 0 aromatic rings. The van der Waals surface area contributed by atoms with Crippen molar-refractivity contribution in [1.82, 2.24) is 5.32 Å². The van der Waals surface area contributed by atoms with E-state index < -0.39 is 11.7 Å². The first kappa shape index (κ1) is 14.5. The van der Waals surface area contributed by atoms with Gasteiger partial charge < -0.3 is 5.32 Å². The molecule has 90 valence electrons. The van der Waals surface area contributed by atoms with Crippen molar-refractivity contribution >= 4 is 5.91 Å². The van der Waals surface area contributed by atoms with E-state index in [0.29, 0.717) is 0 Å². The topological polar surface area (TPSA) is 29.1 Å². The molecular formula is C11H14F3NO. The van der Waals surface area contributed by atoms with Crippen LogP contribution in [0.2, 0.25) is 0 Å². The summed E-state index contributed by atoms with van der Waals surface area (Å²) in [6, 6.07) is 0. The van der Waals surface area contributed by atoms with Crippen LogP contribution in [-0.4, -0.2) is 12.1 Å². The summed E-state index contributed by atoms with van der Waals surface area (Å²) in [6.07, 6.45) is -0.879. The Balaban J connectivity index is 4.29. The fraction of sp³-hybridized carbons (Fsp3) is 0.364. The number of alkyl halides is 3. The molecule has 16 heavy (non-hydrogen) atoms. The summed E-state index contributed by atoms with van der Waals surface area (Å²) in [4.78, 5) is 10.6. The Morgan fingerprint density at radius 2 is 2.00 bits per heavy atom. The molecule has 0 saturated carbocycles. The molecule has 0 aromatic carbocycles. The van der Waals surface area contributed by atoms with Crippen LogP contribution in [-0.2, 0) is 4.79 Å². The van der Waals surface area contributed by atoms with Crippen molar-refractivity contribution in [1.29, 1.82) is 0 Å². The molecule has 0 radical (unpaired) electrons. The van der Waals surface area contributed by atoms with E-state index in [0.717, 1.165) is 6.08 Å². The standard InChI is InChI=1S/C11H14F3NO/c1-4-10(11(12,13)14)7-5-6-8(2)15-9(3)16/h4-6H,2,7H2,1,3H3,(H,15,16)/b6-5?,10-4+. The average molecular weight is 233 g/mol. The van der Waals surface area contributed by atoms with Gasteiger partial charge in [0.2, 0.25) is 5.91 Å². The van der Waals surface area contributed by atoms with Gasteiger partial charge in [-0.2, -0.15) is 13.2 Å². The summed E-state index contributed by atoms with van der Waals surface area (Å²) in [7, 11) is 0. The van der Waals surface area contributed by atoms with E-state index in [4.69, 9.17) is 0 Å². The second-order valence-corrected chi connectivity index (χ2v) is 3.12. The maximum Gasteiger partial charge on any atom is 0.412 e. The van der Waals surface area contributed by atoms with Gasteiger partial charge in [-0.25, -0.2) is 0 Å². The SMILES string of the molecule is C=C(C=CC/C(=C\C)C(F)(F)F)NC(C)=O. The summed E-state index contributed by atoms with van der Waals surface area (Å²) < 4.78 is 36.8. The highest BCUT2D eigenvalue weighted by Crippen LogP contribution is 2.28. The molecule has 5 heteroatoms. The van der Waals surface area contributed by atoms with E-state index in [1.807, 2.05) is 0 Å². The number of hydrogen-bond donors (Lipinski definition) is 1. The number of allylic oxidation sites excluding steroid dienone is 4. The van der Waals surface area contributed by atoms with Crippen molar-refractivity contribution in [2.45, 2.75) is 26.4 Å².